The Morgan fingerprint density at radius 2 is 2.20 bits per heavy atom. The monoisotopic (exact) mass is 155 g/mol. The molecule has 0 aromatic carbocycles. The van der Waals surface area contributed by atoms with Crippen molar-refractivity contribution in [3.05, 3.63) is 11.9 Å². The van der Waals surface area contributed by atoms with E-state index < -0.39 is 8.07 Å². The minimum atomic E-state index is -0.984. The van der Waals surface area contributed by atoms with Gasteiger partial charge in [0.25, 0.3) is 0 Å². The second-order valence-electron chi connectivity index (χ2n) is 3.70. The molecule has 0 saturated carbocycles. The van der Waals surface area contributed by atoms with Crippen LogP contribution < -0.4 is 0 Å². The zero-order chi connectivity index (χ0) is 7.61. The fourth-order valence-corrected chi connectivity index (χ4v) is 2.11. The van der Waals surface area contributed by atoms with E-state index in [9.17, 15) is 0 Å². The maximum atomic E-state index is 4.00. The lowest BCUT2D eigenvalue weighted by Gasteiger charge is -2.12. The zero-order valence-electron chi connectivity index (χ0n) is 6.68. The lowest BCUT2D eigenvalue weighted by atomic mass is 10.6. The molecule has 0 spiro atoms. The Labute approximate surface area is 61.9 Å². The van der Waals surface area contributed by atoms with Crippen LogP contribution in [0.3, 0.4) is 0 Å². The molecule has 56 valence electrons. The van der Waals surface area contributed by atoms with Crippen LogP contribution in [0.4, 0.5) is 0 Å². The molecule has 1 heterocycles. The summed E-state index contributed by atoms with van der Waals surface area (Å²) in [4.78, 5) is 0. The summed E-state index contributed by atoms with van der Waals surface area (Å²) in [5, 5.41) is 10.4. The van der Waals surface area contributed by atoms with Gasteiger partial charge in [0.15, 0.2) is 0 Å². The van der Waals surface area contributed by atoms with Crippen LogP contribution in [-0.2, 0) is 6.04 Å². The van der Waals surface area contributed by atoms with E-state index >= 15 is 0 Å². The smallest absolute Gasteiger partial charge is 0.0798 e. The maximum Gasteiger partial charge on any atom is 0.0798 e. The predicted octanol–water partition coefficient (Wildman–Crippen LogP) is 1.22. The van der Waals surface area contributed by atoms with E-state index in [0.717, 1.165) is 11.7 Å². The second-order valence-corrected chi connectivity index (χ2v) is 9.17. The SMILES string of the molecule is C[Si](C)(C)Cc1cn[nH]n1. The van der Waals surface area contributed by atoms with Crippen molar-refractivity contribution in [2.45, 2.75) is 25.7 Å². The molecule has 1 aromatic rings. The van der Waals surface area contributed by atoms with Crippen molar-refractivity contribution in [1.29, 1.82) is 0 Å². The summed E-state index contributed by atoms with van der Waals surface area (Å²) >= 11 is 0. The first-order chi connectivity index (χ1) is 4.58. The molecule has 0 amide bonds. The molecule has 0 aliphatic carbocycles. The summed E-state index contributed by atoms with van der Waals surface area (Å²) in [5.74, 6) is 0. The van der Waals surface area contributed by atoms with Crippen LogP contribution in [0.1, 0.15) is 5.69 Å². The van der Waals surface area contributed by atoms with Gasteiger partial charge >= 0.3 is 0 Å². The van der Waals surface area contributed by atoms with Gasteiger partial charge in [0.05, 0.1) is 20.0 Å². The average molecular weight is 155 g/mol. The molecule has 0 aliphatic heterocycles. The highest BCUT2D eigenvalue weighted by atomic mass is 28.3. The highest BCUT2D eigenvalue weighted by Crippen LogP contribution is 2.06. The van der Waals surface area contributed by atoms with Crippen molar-refractivity contribution in [3.63, 3.8) is 0 Å². The predicted molar refractivity (Wildman–Crippen MR) is 43.4 cm³/mol. The van der Waals surface area contributed by atoms with Crippen molar-refractivity contribution in [3.8, 4) is 0 Å². The number of nitrogens with one attached hydrogen (secondary N) is 1. The summed E-state index contributed by atoms with van der Waals surface area (Å²) in [6, 6.07) is 1.11. The molecule has 3 nitrogen and oxygen atoms in total. The number of H-pyrrole nitrogens is 1. The number of aromatic amines is 1. The molecule has 0 fully saturated rings. The molecular formula is C6H13N3Si. The molecule has 10 heavy (non-hydrogen) atoms. The number of aromatic nitrogens is 3. The Bertz CT molecular complexity index is 187. The summed E-state index contributed by atoms with van der Waals surface area (Å²) in [6.45, 7) is 6.96. The third-order valence-electron chi connectivity index (χ3n) is 1.18. The summed E-state index contributed by atoms with van der Waals surface area (Å²) in [6.07, 6.45) is 1.80. The van der Waals surface area contributed by atoms with Crippen LogP contribution >= 0.6 is 0 Å². The van der Waals surface area contributed by atoms with Gasteiger partial charge in [0.2, 0.25) is 0 Å². The van der Waals surface area contributed by atoms with Crippen LogP contribution in [0, 0.1) is 0 Å². The Balaban J connectivity index is 2.57. The maximum absolute atomic E-state index is 4.00. The van der Waals surface area contributed by atoms with Gasteiger partial charge in [-0.15, -0.1) is 0 Å². The third kappa shape index (κ3) is 2.30. The van der Waals surface area contributed by atoms with Gasteiger partial charge in [-0.2, -0.15) is 15.4 Å². The van der Waals surface area contributed by atoms with Gasteiger partial charge in [-0.05, 0) is 6.04 Å². The van der Waals surface area contributed by atoms with Gasteiger partial charge in [0.1, 0.15) is 0 Å². The minimum absolute atomic E-state index is 0.984. The Hall–Kier alpha value is -0.643. The molecule has 4 heteroatoms. The quantitative estimate of drug-likeness (QED) is 0.652. The van der Waals surface area contributed by atoms with Gasteiger partial charge in [-0.3, -0.25) is 0 Å². The molecule has 0 bridgehead atoms. The Kier molecular flexibility index (Phi) is 1.89. The molecule has 0 unspecified atom stereocenters. The Morgan fingerprint density at radius 3 is 2.60 bits per heavy atom. The summed E-state index contributed by atoms with van der Waals surface area (Å²) in [5.41, 5.74) is 1.10. The average Bonchev–Trinajstić information content (AvgIpc) is 2.12. The fraction of sp³-hybridized carbons (Fsp3) is 0.667. The van der Waals surface area contributed by atoms with Gasteiger partial charge in [-0.1, -0.05) is 19.6 Å². The fourth-order valence-electron chi connectivity index (χ4n) is 0.854. The molecule has 0 aliphatic rings. The first kappa shape index (κ1) is 7.46. The number of hydrogen-bond donors (Lipinski definition) is 1. The molecule has 1 rings (SSSR count). The van der Waals surface area contributed by atoms with E-state index in [0.29, 0.717) is 0 Å². The zero-order valence-corrected chi connectivity index (χ0v) is 7.68. The first-order valence-electron chi connectivity index (χ1n) is 3.42. The van der Waals surface area contributed by atoms with Crippen molar-refractivity contribution in [1.82, 2.24) is 15.4 Å². The topological polar surface area (TPSA) is 41.6 Å². The van der Waals surface area contributed by atoms with Crippen molar-refractivity contribution >= 4 is 8.07 Å². The van der Waals surface area contributed by atoms with Crippen molar-refractivity contribution in [2.24, 2.45) is 0 Å². The van der Waals surface area contributed by atoms with Gasteiger partial charge in [-0.25, -0.2) is 0 Å². The van der Waals surface area contributed by atoms with Crippen LogP contribution in [0.25, 0.3) is 0 Å². The minimum Gasteiger partial charge on any atom is -0.198 e. The highest BCUT2D eigenvalue weighted by molar-refractivity contribution is 6.75. The van der Waals surface area contributed by atoms with E-state index in [-0.39, 0.29) is 0 Å². The van der Waals surface area contributed by atoms with Crippen LogP contribution in [0.2, 0.25) is 19.6 Å². The van der Waals surface area contributed by atoms with E-state index in [1.807, 2.05) is 0 Å². The first-order valence-corrected chi connectivity index (χ1v) is 7.13. The molecule has 0 radical (unpaired) electrons. The lowest BCUT2D eigenvalue weighted by molar-refractivity contribution is 0.922. The molecule has 0 saturated heterocycles. The molecule has 0 atom stereocenters. The van der Waals surface area contributed by atoms with Crippen molar-refractivity contribution < 1.29 is 0 Å². The van der Waals surface area contributed by atoms with E-state index in [1.54, 1.807) is 6.20 Å². The Morgan fingerprint density at radius 1 is 1.50 bits per heavy atom. The normalized spacial score (nSPS) is 11.9. The summed E-state index contributed by atoms with van der Waals surface area (Å²) in [7, 11) is -0.984. The number of nitrogens with zero attached hydrogens (tertiary/aromatic N) is 2. The highest BCUT2D eigenvalue weighted by Gasteiger charge is 2.14. The van der Waals surface area contributed by atoms with E-state index in [1.165, 1.54) is 0 Å². The van der Waals surface area contributed by atoms with Crippen molar-refractivity contribution in [2.75, 3.05) is 0 Å². The standard InChI is InChI=1S/C6H13N3Si/c1-10(2,3)5-6-4-7-9-8-6/h4H,5H2,1-3H3,(H,7,8,9). The van der Waals surface area contributed by atoms with Crippen LogP contribution in [-0.4, -0.2) is 23.5 Å². The van der Waals surface area contributed by atoms with E-state index in [4.69, 9.17) is 0 Å². The number of hydrogen-bond acceptors (Lipinski definition) is 2. The van der Waals surface area contributed by atoms with Crippen LogP contribution in [0.15, 0.2) is 6.20 Å². The van der Waals surface area contributed by atoms with E-state index in [2.05, 4.69) is 35.1 Å². The van der Waals surface area contributed by atoms with Gasteiger partial charge < -0.3 is 0 Å². The summed E-state index contributed by atoms with van der Waals surface area (Å²) < 4.78 is 0. The number of rotatable bonds is 2. The van der Waals surface area contributed by atoms with Crippen LogP contribution in [0.5, 0.6) is 0 Å². The largest absolute Gasteiger partial charge is 0.198 e. The lowest BCUT2D eigenvalue weighted by Crippen LogP contribution is -2.24. The second kappa shape index (κ2) is 2.54. The molecule has 1 aromatic heterocycles. The molecule has 1 N–H and O–H groups in total. The third-order valence-corrected chi connectivity index (χ3v) is 2.60. The molecular weight excluding hydrogens is 142 g/mol. The van der Waals surface area contributed by atoms with Gasteiger partial charge in [0, 0.05) is 0 Å².